The molecule has 0 aliphatic carbocycles. The molecule has 0 fully saturated rings. The normalized spacial score (nSPS) is 12.4. The van der Waals surface area contributed by atoms with Crippen LogP contribution in [0.1, 0.15) is 11.1 Å². The van der Waals surface area contributed by atoms with Crippen LogP contribution >= 0.6 is 11.8 Å². The lowest BCUT2D eigenvalue weighted by molar-refractivity contribution is -0.137. The Morgan fingerprint density at radius 2 is 1.15 bits per heavy atom. The summed E-state index contributed by atoms with van der Waals surface area (Å²) in [5.41, 5.74) is -1.40. The van der Waals surface area contributed by atoms with E-state index >= 15 is 0 Å². The van der Waals surface area contributed by atoms with Gasteiger partial charge in [-0.3, -0.25) is 0 Å². The third-order valence-corrected chi connectivity index (χ3v) is 3.54. The Kier molecular flexibility index (Phi) is 4.04. The van der Waals surface area contributed by atoms with Crippen molar-refractivity contribution in [3.8, 4) is 0 Å². The molecule has 0 unspecified atom stereocenters. The van der Waals surface area contributed by atoms with E-state index in [1.165, 1.54) is 12.1 Å². The number of alkyl halides is 5. The summed E-state index contributed by atoms with van der Waals surface area (Å²) in [6, 6.07) is 10.9. The fourth-order valence-corrected chi connectivity index (χ4v) is 2.39. The van der Waals surface area contributed by atoms with Crippen molar-refractivity contribution in [2.45, 2.75) is 16.3 Å². The van der Waals surface area contributed by atoms with Crippen LogP contribution in [0.3, 0.4) is 0 Å². The van der Waals surface area contributed by atoms with Crippen molar-refractivity contribution in [3.63, 3.8) is 0 Å². The van der Waals surface area contributed by atoms with E-state index in [0.29, 0.717) is 28.8 Å². The molecule has 0 amide bonds. The maximum absolute atomic E-state index is 14.0. The van der Waals surface area contributed by atoms with Gasteiger partial charge in [0.25, 0.3) is 0 Å². The van der Waals surface area contributed by atoms with Crippen LogP contribution in [0.2, 0.25) is 0 Å². The molecule has 20 heavy (non-hydrogen) atoms. The van der Waals surface area contributed by atoms with Gasteiger partial charge in [0.05, 0.1) is 5.56 Å². The first-order valence-electron chi connectivity index (χ1n) is 5.59. The molecule has 0 aromatic heterocycles. The zero-order valence-electron chi connectivity index (χ0n) is 9.99. The Morgan fingerprint density at radius 1 is 0.650 bits per heavy atom. The van der Waals surface area contributed by atoms with Crippen LogP contribution in [0.25, 0.3) is 0 Å². The van der Waals surface area contributed by atoms with Crippen molar-refractivity contribution in [3.05, 3.63) is 65.7 Å². The zero-order valence-corrected chi connectivity index (χ0v) is 10.8. The molecule has 0 N–H and O–H groups in total. The lowest BCUT2D eigenvalue weighted by Gasteiger charge is -2.17. The minimum atomic E-state index is -4.53. The van der Waals surface area contributed by atoms with Crippen LogP contribution in [0.5, 0.6) is 0 Å². The third-order valence-electron chi connectivity index (χ3n) is 2.54. The molecule has 0 aliphatic heterocycles. The van der Waals surface area contributed by atoms with Crippen molar-refractivity contribution in [2.75, 3.05) is 0 Å². The fourth-order valence-electron chi connectivity index (χ4n) is 1.55. The van der Waals surface area contributed by atoms with Crippen LogP contribution in [-0.2, 0) is 11.4 Å². The monoisotopic (exact) mass is 304 g/mol. The first-order valence-corrected chi connectivity index (χ1v) is 6.40. The molecule has 0 aliphatic rings. The number of rotatable bonds is 3. The fraction of sp³-hybridized carbons (Fsp3) is 0.143. The van der Waals surface area contributed by atoms with E-state index in [4.69, 9.17) is 0 Å². The predicted molar refractivity (Wildman–Crippen MR) is 67.6 cm³/mol. The Bertz CT molecular complexity index is 560. The molecule has 2 rings (SSSR count). The first-order chi connectivity index (χ1) is 9.29. The van der Waals surface area contributed by atoms with E-state index in [-0.39, 0.29) is 0 Å². The van der Waals surface area contributed by atoms with Crippen LogP contribution in [0.15, 0.2) is 59.5 Å². The van der Waals surface area contributed by atoms with Gasteiger partial charge in [0.15, 0.2) is 0 Å². The summed E-state index contributed by atoms with van der Waals surface area (Å²) in [6.45, 7) is 0. The standard InChI is InChI=1S/C14H9F5S/c15-13(16,17)10-6-8-11(9-7-10)14(18,19)20-12-4-2-1-3-5-12/h1-9H. The number of hydrogen-bond acceptors (Lipinski definition) is 1. The van der Waals surface area contributed by atoms with Gasteiger partial charge in [-0.05, 0) is 36.0 Å². The van der Waals surface area contributed by atoms with Gasteiger partial charge in [0.2, 0.25) is 0 Å². The minimum Gasteiger partial charge on any atom is -0.188 e. The summed E-state index contributed by atoms with van der Waals surface area (Å²) in [5, 5.41) is -3.29. The van der Waals surface area contributed by atoms with Crippen molar-refractivity contribution in [2.24, 2.45) is 0 Å². The molecule has 0 saturated heterocycles. The number of halogens is 5. The van der Waals surface area contributed by atoms with E-state index in [1.54, 1.807) is 18.2 Å². The van der Waals surface area contributed by atoms with Gasteiger partial charge in [0, 0.05) is 10.5 Å². The molecule has 6 heteroatoms. The largest absolute Gasteiger partial charge is 0.416 e. The van der Waals surface area contributed by atoms with E-state index in [1.807, 2.05) is 0 Å². The average molecular weight is 304 g/mol. The van der Waals surface area contributed by atoms with Gasteiger partial charge >= 0.3 is 11.4 Å². The number of hydrogen-bond donors (Lipinski definition) is 0. The molecule has 2 aromatic rings. The highest BCUT2D eigenvalue weighted by Gasteiger charge is 2.35. The van der Waals surface area contributed by atoms with E-state index in [0.717, 1.165) is 12.1 Å². The Hall–Kier alpha value is -1.56. The summed E-state index contributed by atoms with van der Waals surface area (Å²) < 4.78 is 65.0. The molecule has 106 valence electrons. The van der Waals surface area contributed by atoms with E-state index < -0.39 is 22.6 Å². The lowest BCUT2D eigenvalue weighted by atomic mass is 10.1. The highest BCUT2D eigenvalue weighted by Crippen LogP contribution is 2.44. The maximum Gasteiger partial charge on any atom is 0.416 e. The van der Waals surface area contributed by atoms with Crippen LogP contribution < -0.4 is 0 Å². The van der Waals surface area contributed by atoms with Crippen molar-refractivity contribution < 1.29 is 22.0 Å². The first kappa shape index (κ1) is 14.8. The summed E-state index contributed by atoms with van der Waals surface area (Å²) in [7, 11) is 0. The smallest absolute Gasteiger partial charge is 0.188 e. The van der Waals surface area contributed by atoms with E-state index in [9.17, 15) is 22.0 Å². The molecule has 0 radical (unpaired) electrons. The van der Waals surface area contributed by atoms with Gasteiger partial charge in [0.1, 0.15) is 0 Å². The van der Waals surface area contributed by atoms with Gasteiger partial charge in [-0.25, -0.2) is 0 Å². The van der Waals surface area contributed by atoms with E-state index in [2.05, 4.69) is 0 Å². The molecule has 0 saturated carbocycles. The molecular weight excluding hydrogens is 295 g/mol. The van der Waals surface area contributed by atoms with Gasteiger partial charge in [-0.15, -0.1) is 0 Å². The summed E-state index contributed by atoms with van der Waals surface area (Å²) in [4.78, 5) is 0.345. The van der Waals surface area contributed by atoms with Gasteiger partial charge in [-0.1, -0.05) is 30.3 Å². The molecule has 0 nitrogen and oxygen atoms in total. The molecule has 2 aromatic carbocycles. The zero-order chi connectivity index (χ0) is 14.8. The highest BCUT2D eigenvalue weighted by molar-refractivity contribution is 8.00. The van der Waals surface area contributed by atoms with Crippen LogP contribution in [-0.4, -0.2) is 0 Å². The Morgan fingerprint density at radius 3 is 1.65 bits per heavy atom. The second-order valence-corrected chi connectivity index (χ2v) is 5.20. The molecule has 0 heterocycles. The maximum atomic E-state index is 14.0. The average Bonchev–Trinajstić information content (AvgIpc) is 2.38. The topological polar surface area (TPSA) is 0 Å². The highest BCUT2D eigenvalue weighted by atomic mass is 32.2. The quantitative estimate of drug-likeness (QED) is 0.529. The van der Waals surface area contributed by atoms with Gasteiger partial charge < -0.3 is 0 Å². The Labute approximate surface area is 116 Å². The summed E-state index contributed by atoms with van der Waals surface area (Å²) in [5.74, 6) is 0. The lowest BCUT2D eigenvalue weighted by Crippen LogP contribution is -2.10. The number of benzene rings is 2. The predicted octanol–water partition coefficient (Wildman–Crippen LogP) is 5.55. The van der Waals surface area contributed by atoms with Gasteiger partial charge in [-0.2, -0.15) is 22.0 Å². The molecule has 0 atom stereocenters. The SMILES string of the molecule is FC(F)(F)c1ccc(C(F)(F)Sc2ccccc2)cc1. The second kappa shape index (κ2) is 5.44. The number of thioether (sulfide) groups is 1. The Balaban J connectivity index is 2.21. The summed E-state index contributed by atoms with van der Waals surface area (Å²) >= 11 is 0.298. The van der Waals surface area contributed by atoms with Crippen molar-refractivity contribution in [1.82, 2.24) is 0 Å². The molecule has 0 spiro atoms. The second-order valence-electron chi connectivity index (χ2n) is 4.01. The molecule has 0 bridgehead atoms. The molecular formula is C14H9F5S. The van der Waals surface area contributed by atoms with Crippen LogP contribution in [0, 0.1) is 0 Å². The van der Waals surface area contributed by atoms with Crippen molar-refractivity contribution >= 4 is 11.8 Å². The summed E-state index contributed by atoms with van der Waals surface area (Å²) in [6.07, 6.45) is -4.53. The van der Waals surface area contributed by atoms with Crippen LogP contribution in [0.4, 0.5) is 22.0 Å². The van der Waals surface area contributed by atoms with Crippen molar-refractivity contribution in [1.29, 1.82) is 0 Å². The third kappa shape index (κ3) is 3.50. The minimum absolute atomic E-state index is 0.298.